The van der Waals surface area contributed by atoms with E-state index in [-0.39, 0.29) is 19.0 Å². The van der Waals surface area contributed by atoms with Gasteiger partial charge in [-0.25, -0.2) is 0 Å². The molecule has 0 saturated carbocycles. The number of carbonyl (C=O) groups excluding carboxylic acids is 1. The Bertz CT molecular complexity index is 304. The first kappa shape index (κ1) is 15.6. The van der Waals surface area contributed by atoms with Crippen molar-refractivity contribution in [1.29, 1.82) is 0 Å². The molecule has 0 aromatic heterocycles. The number of ether oxygens (including phenoxy) is 1. The zero-order valence-electron chi connectivity index (χ0n) is 10.5. The molecule has 0 heterocycles. The van der Waals surface area contributed by atoms with E-state index in [1.165, 1.54) is 13.8 Å². The maximum atomic E-state index is 10.5. The van der Waals surface area contributed by atoms with Gasteiger partial charge >= 0.3 is 11.9 Å². The molecule has 0 amide bonds. The molecule has 1 atom stereocenters. The van der Waals surface area contributed by atoms with Crippen molar-refractivity contribution >= 4 is 11.9 Å². The third-order valence-electron chi connectivity index (χ3n) is 2.21. The molecule has 98 valence electrons. The van der Waals surface area contributed by atoms with Gasteiger partial charge < -0.3 is 14.9 Å². The highest BCUT2D eigenvalue weighted by Gasteiger charge is 2.22. The number of hydrogen-bond donors (Lipinski definition) is 2. The third-order valence-corrected chi connectivity index (χ3v) is 2.21. The van der Waals surface area contributed by atoms with Gasteiger partial charge in [-0.15, -0.1) is 0 Å². The quantitative estimate of drug-likeness (QED) is 0.523. The van der Waals surface area contributed by atoms with Crippen molar-refractivity contribution in [2.45, 2.75) is 45.6 Å². The van der Waals surface area contributed by atoms with E-state index in [2.05, 4.69) is 0 Å². The van der Waals surface area contributed by atoms with Crippen molar-refractivity contribution in [2.75, 3.05) is 6.61 Å². The smallest absolute Gasteiger partial charge is 0.306 e. The van der Waals surface area contributed by atoms with Crippen LogP contribution in [0, 0.1) is 0 Å². The molecule has 0 spiro atoms. The second-order valence-corrected chi connectivity index (χ2v) is 4.44. The van der Waals surface area contributed by atoms with Crippen LogP contribution >= 0.6 is 0 Å². The summed E-state index contributed by atoms with van der Waals surface area (Å²) in [6, 6.07) is 0. The summed E-state index contributed by atoms with van der Waals surface area (Å²) in [6.07, 6.45) is 2.47. The maximum Gasteiger partial charge on any atom is 0.306 e. The van der Waals surface area contributed by atoms with Gasteiger partial charge in [0.05, 0.1) is 12.0 Å². The maximum absolute atomic E-state index is 10.5. The largest absolute Gasteiger partial charge is 0.481 e. The van der Waals surface area contributed by atoms with E-state index >= 15 is 0 Å². The molecule has 0 saturated heterocycles. The second-order valence-electron chi connectivity index (χ2n) is 4.44. The van der Waals surface area contributed by atoms with Gasteiger partial charge in [0.25, 0.3) is 0 Å². The van der Waals surface area contributed by atoms with Crippen molar-refractivity contribution in [2.24, 2.45) is 0 Å². The van der Waals surface area contributed by atoms with Gasteiger partial charge in [0.1, 0.15) is 6.61 Å². The standard InChI is InChI=1S/C12H20O5/c1-9(8-17-10(2)13)5-4-6-12(3,16)7-11(14)15/h5,16H,4,6-8H2,1-3H3,(H,14,15)/b9-5+. The van der Waals surface area contributed by atoms with Crippen LogP contribution in [0.15, 0.2) is 11.6 Å². The van der Waals surface area contributed by atoms with Crippen LogP contribution in [0.1, 0.15) is 40.0 Å². The predicted octanol–water partition coefficient (Wildman–Crippen LogP) is 1.50. The number of carboxylic acids is 1. The van der Waals surface area contributed by atoms with Gasteiger partial charge in [-0.1, -0.05) is 6.08 Å². The molecule has 0 aromatic rings. The van der Waals surface area contributed by atoms with Crippen LogP contribution < -0.4 is 0 Å². The Morgan fingerprint density at radius 1 is 1.35 bits per heavy atom. The molecule has 0 aliphatic carbocycles. The van der Waals surface area contributed by atoms with Gasteiger partial charge in [-0.3, -0.25) is 9.59 Å². The molecule has 17 heavy (non-hydrogen) atoms. The fraction of sp³-hybridized carbons (Fsp3) is 0.667. The minimum Gasteiger partial charge on any atom is -0.481 e. The summed E-state index contributed by atoms with van der Waals surface area (Å²) in [4.78, 5) is 21.0. The molecular weight excluding hydrogens is 224 g/mol. The van der Waals surface area contributed by atoms with Crippen LogP contribution in [0.2, 0.25) is 0 Å². The first-order chi connectivity index (χ1) is 7.73. The number of hydrogen-bond acceptors (Lipinski definition) is 4. The number of esters is 1. The summed E-state index contributed by atoms with van der Waals surface area (Å²) in [5, 5.41) is 18.3. The zero-order valence-corrected chi connectivity index (χ0v) is 10.5. The predicted molar refractivity (Wildman–Crippen MR) is 62.5 cm³/mol. The Hall–Kier alpha value is -1.36. The minimum atomic E-state index is -1.20. The van der Waals surface area contributed by atoms with Crippen LogP contribution in [-0.2, 0) is 14.3 Å². The summed E-state index contributed by atoms with van der Waals surface area (Å²) >= 11 is 0. The summed E-state index contributed by atoms with van der Waals surface area (Å²) in [5.74, 6) is -1.36. The van der Waals surface area contributed by atoms with Crippen molar-refractivity contribution in [3.05, 3.63) is 11.6 Å². The zero-order chi connectivity index (χ0) is 13.5. The van der Waals surface area contributed by atoms with Gasteiger partial charge in [-0.05, 0) is 32.3 Å². The van der Waals surface area contributed by atoms with Crippen molar-refractivity contribution < 1.29 is 24.5 Å². The van der Waals surface area contributed by atoms with E-state index < -0.39 is 11.6 Å². The van der Waals surface area contributed by atoms with Gasteiger partial charge in [-0.2, -0.15) is 0 Å². The summed E-state index contributed by atoms with van der Waals surface area (Å²) in [6.45, 7) is 4.88. The molecule has 0 bridgehead atoms. The monoisotopic (exact) mass is 244 g/mol. The molecular formula is C12H20O5. The summed E-state index contributed by atoms with van der Waals surface area (Å²) in [7, 11) is 0. The second kappa shape index (κ2) is 7.06. The molecule has 0 fully saturated rings. The van der Waals surface area contributed by atoms with E-state index in [0.29, 0.717) is 12.8 Å². The molecule has 1 unspecified atom stereocenters. The lowest BCUT2D eigenvalue weighted by atomic mass is 9.96. The molecule has 5 nitrogen and oxygen atoms in total. The summed E-state index contributed by atoms with van der Waals surface area (Å²) in [5.41, 5.74) is -0.323. The molecule has 0 aliphatic heterocycles. The molecule has 2 N–H and O–H groups in total. The first-order valence-electron chi connectivity index (χ1n) is 5.46. The Labute approximate surface area is 101 Å². The highest BCUT2D eigenvalue weighted by atomic mass is 16.5. The van der Waals surface area contributed by atoms with E-state index in [0.717, 1.165) is 5.57 Å². The lowest BCUT2D eigenvalue weighted by molar-refractivity contribution is -0.142. The SMILES string of the molecule is CC(=O)OC/C(C)=C/CCC(C)(O)CC(=O)O. The Kier molecular flexibility index (Phi) is 6.50. The lowest BCUT2D eigenvalue weighted by Crippen LogP contribution is -2.27. The van der Waals surface area contributed by atoms with Crippen LogP contribution in [0.4, 0.5) is 0 Å². The van der Waals surface area contributed by atoms with Gasteiger partial charge in [0.15, 0.2) is 0 Å². The number of rotatable bonds is 7. The average Bonchev–Trinajstić information content (AvgIpc) is 2.12. The third kappa shape index (κ3) is 9.56. The minimum absolute atomic E-state index is 0.233. The molecule has 0 aromatic carbocycles. The van der Waals surface area contributed by atoms with E-state index in [1.807, 2.05) is 13.0 Å². The van der Waals surface area contributed by atoms with Crippen LogP contribution in [0.5, 0.6) is 0 Å². The number of aliphatic carboxylic acids is 1. The molecule has 0 radical (unpaired) electrons. The number of carbonyl (C=O) groups is 2. The van der Waals surface area contributed by atoms with Crippen LogP contribution in [-0.4, -0.2) is 34.4 Å². The lowest BCUT2D eigenvalue weighted by Gasteiger charge is -2.19. The van der Waals surface area contributed by atoms with Crippen LogP contribution in [0.3, 0.4) is 0 Å². The van der Waals surface area contributed by atoms with Crippen LogP contribution in [0.25, 0.3) is 0 Å². The fourth-order valence-electron chi connectivity index (χ4n) is 1.32. The Morgan fingerprint density at radius 3 is 2.41 bits per heavy atom. The summed E-state index contributed by atoms with van der Waals surface area (Å²) < 4.78 is 4.79. The van der Waals surface area contributed by atoms with E-state index in [4.69, 9.17) is 9.84 Å². The van der Waals surface area contributed by atoms with Gasteiger partial charge in [0.2, 0.25) is 0 Å². The fourth-order valence-corrected chi connectivity index (χ4v) is 1.32. The topological polar surface area (TPSA) is 83.8 Å². The van der Waals surface area contributed by atoms with E-state index in [1.54, 1.807) is 0 Å². The highest BCUT2D eigenvalue weighted by Crippen LogP contribution is 2.17. The Morgan fingerprint density at radius 2 is 1.94 bits per heavy atom. The Balaban J connectivity index is 3.98. The number of aliphatic hydroxyl groups is 1. The molecule has 0 aliphatic rings. The molecule has 5 heteroatoms. The van der Waals surface area contributed by atoms with Crippen molar-refractivity contribution in [1.82, 2.24) is 0 Å². The number of allylic oxidation sites excluding steroid dienone is 1. The van der Waals surface area contributed by atoms with Crippen molar-refractivity contribution in [3.8, 4) is 0 Å². The van der Waals surface area contributed by atoms with Gasteiger partial charge in [0, 0.05) is 6.92 Å². The van der Waals surface area contributed by atoms with Crippen molar-refractivity contribution in [3.63, 3.8) is 0 Å². The first-order valence-corrected chi connectivity index (χ1v) is 5.46. The normalized spacial score (nSPS) is 15.2. The molecule has 0 rings (SSSR count). The highest BCUT2D eigenvalue weighted by molar-refractivity contribution is 5.68. The average molecular weight is 244 g/mol. The van der Waals surface area contributed by atoms with E-state index in [9.17, 15) is 14.7 Å². The number of carboxylic acid groups (broad SMARTS) is 1.